The van der Waals surface area contributed by atoms with E-state index in [1.807, 2.05) is 0 Å². The van der Waals surface area contributed by atoms with Gasteiger partial charge in [0.2, 0.25) is 35.4 Å². The topological polar surface area (TPSA) is 166 Å². The first-order valence-electron chi connectivity index (χ1n) is 17.5. The van der Waals surface area contributed by atoms with Crippen LogP contribution >= 0.6 is 0 Å². The molecule has 0 unspecified atom stereocenters. The van der Waals surface area contributed by atoms with E-state index in [0.717, 1.165) is 0 Å². The molecule has 0 aliphatic carbocycles. The Morgan fingerprint density at radius 3 is 0.846 bits per heavy atom. The number of hydrogen-bond donors (Lipinski definition) is 0. The van der Waals surface area contributed by atoms with Gasteiger partial charge in [-0.3, -0.25) is 38.7 Å². The number of nitrogens with zero attached hydrogens (tertiary/aromatic N) is 8. The summed E-state index contributed by atoms with van der Waals surface area (Å²) in [7, 11) is 0. The van der Waals surface area contributed by atoms with E-state index in [9.17, 15) is 28.8 Å². The zero-order chi connectivity index (χ0) is 37.9. The van der Waals surface area contributed by atoms with Crippen LogP contribution in [0.4, 0.5) is 0 Å². The molecule has 4 rings (SSSR count). The first kappa shape index (κ1) is 39.5. The van der Waals surface area contributed by atoms with Gasteiger partial charge in [0.15, 0.2) is 0 Å². The van der Waals surface area contributed by atoms with Crippen molar-refractivity contribution in [3.05, 3.63) is 47.0 Å². The van der Waals surface area contributed by atoms with Crippen LogP contribution in [0.3, 0.4) is 0 Å². The molecule has 0 atom stereocenters. The summed E-state index contributed by atoms with van der Waals surface area (Å²) in [6, 6.07) is 6.99. The van der Waals surface area contributed by atoms with Crippen LogP contribution in [-0.4, -0.2) is 140 Å². The van der Waals surface area contributed by atoms with Crippen LogP contribution in [0.2, 0.25) is 0 Å². The third-order valence-electron chi connectivity index (χ3n) is 9.07. The van der Waals surface area contributed by atoms with Gasteiger partial charge in [-0.25, -0.2) is 0 Å². The average molecular weight is 723 g/mol. The fourth-order valence-corrected chi connectivity index (χ4v) is 6.04. The number of fused-ring (bicyclic) bond motifs is 4. The molecule has 282 valence electrons. The Morgan fingerprint density at radius 1 is 0.423 bits per heavy atom. The van der Waals surface area contributed by atoms with E-state index >= 15 is 0 Å². The summed E-state index contributed by atoms with van der Waals surface area (Å²) in [5.74, 6) is 0.120. The summed E-state index contributed by atoms with van der Waals surface area (Å²) in [6.45, 7) is 12.5. The number of rotatable bonds is 5. The first-order valence-corrected chi connectivity index (χ1v) is 17.5. The van der Waals surface area contributed by atoms with Gasteiger partial charge in [-0.05, 0) is 0 Å². The SMILES string of the molecule is CC(=O)N1CCN(C(C)=O)Cc2cc(OCCOc3cc4nc(c3)CN(C(C)=O)CCN(C(C)=O)CCN(C(C)=O)C4)cc(n2)CN(C(C)=O)CC1. The van der Waals surface area contributed by atoms with E-state index in [-0.39, 0.29) is 74.8 Å². The lowest BCUT2D eigenvalue weighted by Gasteiger charge is -2.30. The zero-order valence-electron chi connectivity index (χ0n) is 31.1. The highest BCUT2D eigenvalue weighted by atomic mass is 16.5. The Morgan fingerprint density at radius 2 is 0.635 bits per heavy atom. The highest BCUT2D eigenvalue weighted by molar-refractivity contribution is 5.76. The summed E-state index contributed by atoms with van der Waals surface area (Å²) in [5, 5.41) is 0. The molecule has 16 heteroatoms. The molecule has 2 aromatic rings. The minimum Gasteiger partial charge on any atom is -0.490 e. The van der Waals surface area contributed by atoms with Crippen molar-refractivity contribution >= 4 is 35.4 Å². The molecule has 0 saturated heterocycles. The molecule has 2 aliphatic rings. The molecule has 4 bridgehead atoms. The minimum absolute atomic E-state index is 0.129. The van der Waals surface area contributed by atoms with Crippen LogP contribution in [0.1, 0.15) is 64.3 Å². The number of carbonyl (C=O) groups is 6. The highest BCUT2D eigenvalue weighted by Crippen LogP contribution is 2.21. The van der Waals surface area contributed by atoms with Gasteiger partial charge in [0, 0.05) is 118 Å². The number of pyridine rings is 2. The molecule has 16 nitrogen and oxygen atoms in total. The van der Waals surface area contributed by atoms with Crippen molar-refractivity contribution in [1.82, 2.24) is 39.4 Å². The molecule has 0 radical (unpaired) electrons. The predicted molar refractivity (Wildman–Crippen MR) is 188 cm³/mol. The molecular weight excluding hydrogens is 672 g/mol. The Labute approximate surface area is 304 Å². The quantitative estimate of drug-likeness (QED) is 0.408. The van der Waals surface area contributed by atoms with Crippen molar-refractivity contribution in [3.8, 4) is 11.5 Å². The standard InChI is InChI=1S/C36H50N8O8/c1-25(45)39-7-11-41(27(3)47)21-31-17-35(18-32(37-31)22-42(12-8-39)28(4)48)51-15-16-52-36-19-33-23-43(29(5)49)13-9-40(26(2)46)10-14-44(30(6)50)24-34(20-36)38-33/h17-20H,7-16,21-24H2,1-6H3. The van der Waals surface area contributed by atoms with E-state index in [0.29, 0.717) is 86.6 Å². The van der Waals surface area contributed by atoms with Gasteiger partial charge in [-0.2, -0.15) is 0 Å². The number of amides is 6. The van der Waals surface area contributed by atoms with Crippen LogP contribution in [0.25, 0.3) is 0 Å². The van der Waals surface area contributed by atoms with E-state index in [1.54, 1.807) is 53.7 Å². The zero-order valence-corrected chi connectivity index (χ0v) is 31.1. The number of carbonyl (C=O) groups excluding carboxylic acids is 6. The Balaban J connectivity index is 1.51. The second kappa shape index (κ2) is 18.3. The molecule has 0 aromatic carbocycles. The lowest BCUT2D eigenvalue weighted by atomic mass is 10.2. The maximum atomic E-state index is 12.5. The largest absolute Gasteiger partial charge is 0.490 e. The van der Waals surface area contributed by atoms with Gasteiger partial charge in [0.1, 0.15) is 24.7 Å². The number of hydrogen-bond acceptors (Lipinski definition) is 10. The smallest absolute Gasteiger partial charge is 0.219 e. The van der Waals surface area contributed by atoms with Crippen molar-refractivity contribution in [2.24, 2.45) is 0 Å². The second-order valence-corrected chi connectivity index (χ2v) is 13.0. The molecule has 6 amide bonds. The van der Waals surface area contributed by atoms with Crippen molar-refractivity contribution in [2.75, 3.05) is 65.6 Å². The van der Waals surface area contributed by atoms with Crippen molar-refractivity contribution in [1.29, 1.82) is 0 Å². The summed E-state index contributed by atoms with van der Waals surface area (Å²) >= 11 is 0. The lowest BCUT2D eigenvalue weighted by Crippen LogP contribution is -2.44. The van der Waals surface area contributed by atoms with Crippen molar-refractivity contribution < 1.29 is 38.2 Å². The van der Waals surface area contributed by atoms with Crippen LogP contribution in [0, 0.1) is 0 Å². The van der Waals surface area contributed by atoms with E-state index < -0.39 is 0 Å². The van der Waals surface area contributed by atoms with Crippen LogP contribution < -0.4 is 9.47 Å². The minimum atomic E-state index is -0.155. The van der Waals surface area contributed by atoms with E-state index in [2.05, 4.69) is 0 Å². The predicted octanol–water partition coefficient (Wildman–Crippen LogP) is 1.05. The fourth-order valence-electron chi connectivity index (χ4n) is 6.04. The van der Waals surface area contributed by atoms with E-state index in [1.165, 1.54) is 41.5 Å². The van der Waals surface area contributed by atoms with Gasteiger partial charge >= 0.3 is 0 Å². The second-order valence-electron chi connectivity index (χ2n) is 13.0. The molecule has 2 aliphatic heterocycles. The summed E-state index contributed by atoms with van der Waals surface area (Å²) < 4.78 is 12.2. The Kier molecular flexibility index (Phi) is 13.9. The van der Waals surface area contributed by atoms with E-state index in [4.69, 9.17) is 19.4 Å². The Bertz CT molecular complexity index is 1440. The molecule has 4 heterocycles. The van der Waals surface area contributed by atoms with Gasteiger partial charge in [0.25, 0.3) is 0 Å². The number of aromatic nitrogens is 2. The maximum absolute atomic E-state index is 12.5. The van der Waals surface area contributed by atoms with Crippen molar-refractivity contribution in [2.45, 2.75) is 67.7 Å². The fraction of sp³-hybridized carbons (Fsp3) is 0.556. The van der Waals surface area contributed by atoms with Gasteiger partial charge in [0.05, 0.1) is 49.0 Å². The third kappa shape index (κ3) is 11.6. The highest BCUT2D eigenvalue weighted by Gasteiger charge is 2.22. The monoisotopic (exact) mass is 722 g/mol. The van der Waals surface area contributed by atoms with Crippen LogP contribution in [-0.2, 0) is 54.9 Å². The first-order chi connectivity index (χ1) is 24.7. The summed E-state index contributed by atoms with van der Waals surface area (Å²) in [4.78, 5) is 93.8. The van der Waals surface area contributed by atoms with Gasteiger partial charge < -0.3 is 38.9 Å². The normalized spacial score (nSPS) is 16.1. The molecule has 52 heavy (non-hydrogen) atoms. The molecular formula is C36H50N8O8. The molecule has 0 N–H and O–H groups in total. The molecule has 0 saturated carbocycles. The van der Waals surface area contributed by atoms with Crippen LogP contribution in [0.15, 0.2) is 24.3 Å². The lowest BCUT2D eigenvalue weighted by molar-refractivity contribution is -0.135. The van der Waals surface area contributed by atoms with Gasteiger partial charge in [-0.1, -0.05) is 0 Å². The summed E-state index contributed by atoms with van der Waals surface area (Å²) in [6.07, 6.45) is 0. The molecule has 0 fully saturated rings. The van der Waals surface area contributed by atoms with Crippen LogP contribution in [0.5, 0.6) is 11.5 Å². The average Bonchev–Trinajstić information content (AvgIpc) is 3.06. The maximum Gasteiger partial charge on any atom is 0.219 e. The number of ether oxygens (including phenoxy) is 2. The summed E-state index contributed by atoms with van der Waals surface area (Å²) in [5.41, 5.74) is 2.32. The third-order valence-corrected chi connectivity index (χ3v) is 9.07. The van der Waals surface area contributed by atoms with Crippen molar-refractivity contribution in [3.63, 3.8) is 0 Å². The molecule has 2 aromatic heterocycles. The molecule has 0 spiro atoms. The van der Waals surface area contributed by atoms with Gasteiger partial charge in [-0.15, -0.1) is 0 Å². The Hall–Kier alpha value is -5.28.